The molecule has 4 fully saturated rings. The van der Waals surface area contributed by atoms with Crippen LogP contribution in [0.2, 0.25) is 0 Å². The molecule has 4 aliphatic heterocycles. The van der Waals surface area contributed by atoms with Crippen molar-refractivity contribution >= 4 is 0 Å². The standard InChI is InChI=1S/C15H27N3/c1-4-13-12-18(10-3-9-16(13)7-1)15-6-11-17-8-2-5-14(15)17/h13-15H,1-12H2. The first kappa shape index (κ1) is 11.7. The molecule has 0 aromatic rings. The molecule has 4 heterocycles. The summed E-state index contributed by atoms with van der Waals surface area (Å²) in [6.45, 7) is 8.22. The van der Waals surface area contributed by atoms with Gasteiger partial charge in [0.05, 0.1) is 0 Å². The van der Waals surface area contributed by atoms with Gasteiger partial charge in [0.1, 0.15) is 0 Å². The lowest BCUT2D eigenvalue weighted by Gasteiger charge is -2.33. The van der Waals surface area contributed by atoms with Crippen molar-refractivity contribution in [2.75, 3.05) is 39.3 Å². The van der Waals surface area contributed by atoms with E-state index in [1.165, 1.54) is 77.8 Å². The lowest BCUT2D eigenvalue weighted by Crippen LogP contribution is -2.46. The van der Waals surface area contributed by atoms with E-state index in [9.17, 15) is 0 Å². The van der Waals surface area contributed by atoms with E-state index in [1.807, 2.05) is 0 Å². The average molecular weight is 249 g/mol. The Hall–Kier alpha value is -0.120. The van der Waals surface area contributed by atoms with Gasteiger partial charge in [0.2, 0.25) is 0 Å². The van der Waals surface area contributed by atoms with Crippen LogP contribution in [0.4, 0.5) is 0 Å². The van der Waals surface area contributed by atoms with Crippen molar-refractivity contribution in [3.05, 3.63) is 0 Å². The second kappa shape index (κ2) is 4.77. The summed E-state index contributed by atoms with van der Waals surface area (Å²) in [4.78, 5) is 8.41. The van der Waals surface area contributed by atoms with Gasteiger partial charge in [0, 0.05) is 31.2 Å². The highest BCUT2D eigenvalue weighted by Gasteiger charge is 2.41. The van der Waals surface area contributed by atoms with Crippen molar-refractivity contribution in [2.45, 2.75) is 56.7 Å². The van der Waals surface area contributed by atoms with Crippen LogP contribution in [0, 0.1) is 0 Å². The molecule has 0 radical (unpaired) electrons. The summed E-state index contributed by atoms with van der Waals surface area (Å²) in [5, 5.41) is 0. The van der Waals surface area contributed by atoms with E-state index in [-0.39, 0.29) is 0 Å². The van der Waals surface area contributed by atoms with Crippen LogP contribution in [0.3, 0.4) is 0 Å². The summed E-state index contributed by atoms with van der Waals surface area (Å²) in [6, 6.07) is 2.70. The van der Waals surface area contributed by atoms with Crippen molar-refractivity contribution in [1.82, 2.24) is 14.7 Å². The predicted molar refractivity (Wildman–Crippen MR) is 73.8 cm³/mol. The quantitative estimate of drug-likeness (QED) is 0.695. The van der Waals surface area contributed by atoms with E-state index in [0.717, 1.165) is 18.1 Å². The largest absolute Gasteiger partial charge is 0.299 e. The highest BCUT2D eigenvalue weighted by molar-refractivity contribution is 4.98. The molecular formula is C15H27N3. The van der Waals surface area contributed by atoms with Gasteiger partial charge in [-0.05, 0) is 64.7 Å². The third-order valence-electron chi connectivity index (χ3n) is 5.87. The Morgan fingerprint density at radius 3 is 2.28 bits per heavy atom. The normalized spacial score (nSPS) is 43.0. The predicted octanol–water partition coefficient (Wildman–Crippen LogP) is 1.39. The number of hydrogen-bond acceptors (Lipinski definition) is 3. The number of nitrogens with zero attached hydrogens (tertiary/aromatic N) is 3. The minimum Gasteiger partial charge on any atom is -0.299 e. The van der Waals surface area contributed by atoms with Crippen LogP contribution in [0.15, 0.2) is 0 Å². The first-order chi connectivity index (χ1) is 8.92. The Morgan fingerprint density at radius 2 is 1.28 bits per heavy atom. The summed E-state index contributed by atoms with van der Waals surface area (Å²) in [5.41, 5.74) is 0. The lowest BCUT2D eigenvalue weighted by atomic mass is 10.0. The van der Waals surface area contributed by atoms with Crippen LogP contribution in [0.1, 0.15) is 38.5 Å². The van der Waals surface area contributed by atoms with Crippen molar-refractivity contribution in [3.63, 3.8) is 0 Å². The van der Waals surface area contributed by atoms with Crippen LogP contribution >= 0.6 is 0 Å². The first-order valence-electron chi connectivity index (χ1n) is 8.14. The van der Waals surface area contributed by atoms with Gasteiger partial charge in [-0.1, -0.05) is 0 Å². The van der Waals surface area contributed by atoms with Crippen LogP contribution in [-0.2, 0) is 0 Å². The molecule has 0 aliphatic carbocycles. The molecule has 0 aromatic carbocycles. The SMILES string of the molecule is C1CC2CN(C3CCN4CCCC34)CCCN2C1. The van der Waals surface area contributed by atoms with Crippen LogP contribution in [0.25, 0.3) is 0 Å². The summed E-state index contributed by atoms with van der Waals surface area (Å²) in [7, 11) is 0. The Bertz CT molecular complexity index is 306. The van der Waals surface area contributed by atoms with Gasteiger partial charge in [-0.15, -0.1) is 0 Å². The van der Waals surface area contributed by atoms with Crippen molar-refractivity contribution in [3.8, 4) is 0 Å². The van der Waals surface area contributed by atoms with Crippen LogP contribution < -0.4 is 0 Å². The molecule has 3 nitrogen and oxygen atoms in total. The summed E-state index contributed by atoms with van der Waals surface area (Å²) in [5.74, 6) is 0. The third-order valence-corrected chi connectivity index (χ3v) is 5.87. The molecule has 4 aliphatic rings. The lowest BCUT2D eigenvalue weighted by molar-refractivity contribution is 0.145. The Morgan fingerprint density at radius 1 is 0.556 bits per heavy atom. The maximum Gasteiger partial charge on any atom is 0.0264 e. The zero-order valence-electron chi connectivity index (χ0n) is 11.6. The molecule has 3 atom stereocenters. The minimum atomic E-state index is 0.892. The van der Waals surface area contributed by atoms with Gasteiger partial charge in [0.15, 0.2) is 0 Å². The number of fused-ring (bicyclic) bond motifs is 2. The molecule has 0 spiro atoms. The number of rotatable bonds is 1. The molecule has 0 N–H and O–H groups in total. The fourth-order valence-corrected chi connectivity index (χ4v) is 5.02. The summed E-state index contributed by atoms with van der Waals surface area (Å²) in [6.07, 6.45) is 8.66. The smallest absolute Gasteiger partial charge is 0.0264 e. The molecule has 4 rings (SSSR count). The minimum absolute atomic E-state index is 0.892. The fourth-order valence-electron chi connectivity index (χ4n) is 5.02. The molecule has 3 heteroatoms. The summed E-state index contributed by atoms with van der Waals surface area (Å²) < 4.78 is 0. The molecular weight excluding hydrogens is 222 g/mol. The monoisotopic (exact) mass is 249 g/mol. The third kappa shape index (κ3) is 1.91. The second-order valence-corrected chi connectivity index (χ2v) is 6.78. The maximum absolute atomic E-state index is 2.88. The zero-order chi connectivity index (χ0) is 11.9. The molecule has 3 unspecified atom stereocenters. The van der Waals surface area contributed by atoms with E-state index in [1.54, 1.807) is 0 Å². The van der Waals surface area contributed by atoms with Crippen LogP contribution in [-0.4, -0.2) is 72.1 Å². The zero-order valence-corrected chi connectivity index (χ0v) is 11.6. The Kier molecular flexibility index (Phi) is 3.10. The van der Waals surface area contributed by atoms with Gasteiger partial charge < -0.3 is 0 Å². The van der Waals surface area contributed by atoms with E-state index in [0.29, 0.717) is 0 Å². The fraction of sp³-hybridized carbons (Fsp3) is 1.00. The van der Waals surface area contributed by atoms with E-state index < -0.39 is 0 Å². The van der Waals surface area contributed by atoms with Gasteiger partial charge in [-0.3, -0.25) is 14.7 Å². The Labute approximate surface area is 111 Å². The second-order valence-electron chi connectivity index (χ2n) is 6.78. The molecule has 4 saturated heterocycles. The van der Waals surface area contributed by atoms with Gasteiger partial charge in [-0.25, -0.2) is 0 Å². The van der Waals surface area contributed by atoms with Gasteiger partial charge in [-0.2, -0.15) is 0 Å². The van der Waals surface area contributed by atoms with E-state index >= 15 is 0 Å². The average Bonchev–Trinajstić information content (AvgIpc) is 3.03. The van der Waals surface area contributed by atoms with Crippen molar-refractivity contribution in [1.29, 1.82) is 0 Å². The molecule has 0 bridgehead atoms. The van der Waals surface area contributed by atoms with Crippen LogP contribution in [0.5, 0.6) is 0 Å². The van der Waals surface area contributed by atoms with Gasteiger partial charge in [0.25, 0.3) is 0 Å². The van der Waals surface area contributed by atoms with Crippen molar-refractivity contribution in [2.24, 2.45) is 0 Å². The van der Waals surface area contributed by atoms with Gasteiger partial charge >= 0.3 is 0 Å². The molecule has 0 amide bonds. The molecule has 0 saturated carbocycles. The molecule has 102 valence electrons. The highest BCUT2D eigenvalue weighted by Crippen LogP contribution is 2.33. The highest BCUT2D eigenvalue weighted by atomic mass is 15.3. The first-order valence-corrected chi connectivity index (χ1v) is 8.14. The number of hydrogen-bond donors (Lipinski definition) is 0. The molecule has 0 aromatic heterocycles. The molecule has 18 heavy (non-hydrogen) atoms. The summed E-state index contributed by atoms with van der Waals surface area (Å²) >= 11 is 0. The van der Waals surface area contributed by atoms with E-state index in [2.05, 4.69) is 14.7 Å². The Balaban J connectivity index is 1.47. The van der Waals surface area contributed by atoms with Crippen molar-refractivity contribution < 1.29 is 0 Å². The maximum atomic E-state index is 2.88. The van der Waals surface area contributed by atoms with E-state index in [4.69, 9.17) is 0 Å². The topological polar surface area (TPSA) is 9.72 Å².